The topological polar surface area (TPSA) is 63.0 Å². The van der Waals surface area contributed by atoms with Gasteiger partial charge in [0.1, 0.15) is 0 Å². The van der Waals surface area contributed by atoms with E-state index in [-0.39, 0.29) is 5.56 Å². The lowest BCUT2D eigenvalue weighted by atomic mass is 9.97. The van der Waals surface area contributed by atoms with Crippen LogP contribution in [0.15, 0.2) is 40.3 Å². The number of rotatable bonds is 4. The van der Waals surface area contributed by atoms with E-state index >= 15 is 0 Å². The Bertz CT molecular complexity index is 885. The molecule has 0 unspecified atom stereocenters. The largest absolute Gasteiger partial charge is 0.290 e. The van der Waals surface area contributed by atoms with Crippen LogP contribution in [0.2, 0.25) is 0 Å². The van der Waals surface area contributed by atoms with E-state index in [2.05, 4.69) is 39.4 Å². The van der Waals surface area contributed by atoms with Gasteiger partial charge < -0.3 is 0 Å². The number of hydrogen-bond acceptors (Lipinski definition) is 4. The van der Waals surface area contributed by atoms with E-state index in [4.69, 9.17) is 0 Å². The number of nitrogens with zero attached hydrogens (tertiary/aromatic N) is 3. The second kappa shape index (κ2) is 6.20. The molecule has 0 spiro atoms. The van der Waals surface area contributed by atoms with Gasteiger partial charge in [-0.05, 0) is 37.7 Å². The number of benzene rings is 1. The van der Waals surface area contributed by atoms with Gasteiger partial charge in [-0.2, -0.15) is 0 Å². The van der Waals surface area contributed by atoms with Gasteiger partial charge in [0.25, 0.3) is 5.56 Å². The minimum Gasteiger partial charge on any atom is -0.290 e. The van der Waals surface area contributed by atoms with Gasteiger partial charge in [-0.15, -0.1) is 10.2 Å². The van der Waals surface area contributed by atoms with E-state index in [1.807, 2.05) is 10.5 Å². The third-order valence-corrected chi connectivity index (χ3v) is 5.24. The van der Waals surface area contributed by atoms with Gasteiger partial charge in [-0.25, -0.2) is 0 Å². The first-order valence-electron chi connectivity index (χ1n) is 7.99. The Morgan fingerprint density at radius 3 is 2.83 bits per heavy atom. The summed E-state index contributed by atoms with van der Waals surface area (Å²) < 4.78 is 2.05. The summed E-state index contributed by atoms with van der Waals surface area (Å²) in [5.74, 6) is 1.51. The summed E-state index contributed by atoms with van der Waals surface area (Å²) in [5.41, 5.74) is 3.33. The van der Waals surface area contributed by atoms with Crippen molar-refractivity contribution in [2.45, 2.75) is 37.3 Å². The molecule has 1 aliphatic rings. The molecular formula is C17H18N4OS. The summed E-state index contributed by atoms with van der Waals surface area (Å²) >= 11 is 1.70. The Balaban J connectivity index is 1.62. The Hall–Kier alpha value is -2.08. The molecule has 0 aliphatic heterocycles. The number of H-pyrrole nitrogens is 1. The van der Waals surface area contributed by atoms with Gasteiger partial charge in [0, 0.05) is 17.0 Å². The SMILES string of the molecule is O=c1[nH]c2nnc(SCCc3ccccc3)n2c2c1CCCC2. The average molecular weight is 326 g/mol. The van der Waals surface area contributed by atoms with E-state index in [0.717, 1.165) is 54.3 Å². The van der Waals surface area contributed by atoms with Gasteiger partial charge in [0.2, 0.25) is 5.78 Å². The van der Waals surface area contributed by atoms with Crippen molar-refractivity contribution in [3.63, 3.8) is 0 Å². The monoisotopic (exact) mass is 326 g/mol. The van der Waals surface area contributed by atoms with Crippen molar-refractivity contribution >= 4 is 17.5 Å². The fourth-order valence-electron chi connectivity index (χ4n) is 3.15. The zero-order valence-electron chi connectivity index (χ0n) is 12.8. The number of aromatic amines is 1. The first kappa shape index (κ1) is 14.5. The standard InChI is InChI=1S/C17H18N4OS/c22-15-13-8-4-5-9-14(13)21-16(18-15)19-20-17(21)23-11-10-12-6-2-1-3-7-12/h1-3,6-7H,4-5,8-11H2,(H,18,19,22). The minimum atomic E-state index is 0.000403. The molecule has 118 valence electrons. The van der Waals surface area contributed by atoms with Crippen LogP contribution in [0.4, 0.5) is 0 Å². The van der Waals surface area contributed by atoms with E-state index in [1.54, 1.807) is 11.8 Å². The molecule has 2 heterocycles. The molecule has 3 aromatic rings. The van der Waals surface area contributed by atoms with Crippen LogP contribution in [0.3, 0.4) is 0 Å². The number of aromatic nitrogens is 4. The predicted octanol–water partition coefficient (Wildman–Crippen LogP) is 2.63. The van der Waals surface area contributed by atoms with Crippen molar-refractivity contribution in [3.8, 4) is 0 Å². The van der Waals surface area contributed by atoms with Crippen LogP contribution in [0.1, 0.15) is 29.7 Å². The maximum atomic E-state index is 12.1. The number of nitrogens with one attached hydrogen (secondary N) is 1. The second-order valence-electron chi connectivity index (χ2n) is 5.81. The maximum Gasteiger partial charge on any atom is 0.255 e. The van der Waals surface area contributed by atoms with Crippen LogP contribution in [-0.4, -0.2) is 25.3 Å². The molecule has 2 aromatic heterocycles. The van der Waals surface area contributed by atoms with Crippen molar-refractivity contribution < 1.29 is 0 Å². The number of thioether (sulfide) groups is 1. The lowest BCUT2D eigenvalue weighted by Gasteiger charge is -2.16. The van der Waals surface area contributed by atoms with E-state index in [0.29, 0.717) is 5.78 Å². The zero-order chi connectivity index (χ0) is 15.6. The summed E-state index contributed by atoms with van der Waals surface area (Å²) in [6.45, 7) is 0. The highest BCUT2D eigenvalue weighted by molar-refractivity contribution is 7.99. The average Bonchev–Trinajstić information content (AvgIpc) is 2.99. The first-order chi connectivity index (χ1) is 11.3. The van der Waals surface area contributed by atoms with Crippen LogP contribution in [-0.2, 0) is 19.3 Å². The molecule has 1 aromatic carbocycles. The fourth-order valence-corrected chi connectivity index (χ4v) is 4.10. The maximum absolute atomic E-state index is 12.1. The van der Waals surface area contributed by atoms with Crippen LogP contribution < -0.4 is 5.56 Å². The number of hydrogen-bond donors (Lipinski definition) is 1. The minimum absolute atomic E-state index is 0.000403. The summed E-state index contributed by atoms with van der Waals surface area (Å²) in [6, 6.07) is 10.4. The molecule has 23 heavy (non-hydrogen) atoms. The Morgan fingerprint density at radius 1 is 1.13 bits per heavy atom. The highest BCUT2D eigenvalue weighted by atomic mass is 32.2. The van der Waals surface area contributed by atoms with E-state index in [9.17, 15) is 4.79 Å². The molecule has 6 heteroatoms. The normalized spacial score (nSPS) is 14.1. The van der Waals surface area contributed by atoms with Gasteiger partial charge in [-0.1, -0.05) is 42.1 Å². The Labute approximate surface area is 138 Å². The van der Waals surface area contributed by atoms with E-state index < -0.39 is 0 Å². The highest BCUT2D eigenvalue weighted by Crippen LogP contribution is 2.24. The Morgan fingerprint density at radius 2 is 1.96 bits per heavy atom. The molecule has 0 fully saturated rings. The van der Waals surface area contributed by atoms with Crippen LogP contribution in [0.25, 0.3) is 5.78 Å². The molecule has 0 saturated heterocycles. The van der Waals surface area contributed by atoms with Gasteiger partial charge in [0.05, 0.1) is 0 Å². The molecule has 1 N–H and O–H groups in total. The summed E-state index contributed by atoms with van der Waals surface area (Å²) in [4.78, 5) is 15.0. The quantitative estimate of drug-likeness (QED) is 0.749. The molecule has 0 amide bonds. The molecule has 1 aliphatic carbocycles. The third kappa shape index (κ3) is 2.79. The molecule has 0 bridgehead atoms. The smallest absolute Gasteiger partial charge is 0.255 e. The molecule has 0 radical (unpaired) electrons. The second-order valence-corrected chi connectivity index (χ2v) is 6.87. The van der Waals surface area contributed by atoms with Gasteiger partial charge >= 0.3 is 0 Å². The number of aryl methyl sites for hydroxylation is 2. The van der Waals surface area contributed by atoms with Crippen LogP contribution in [0.5, 0.6) is 0 Å². The third-order valence-electron chi connectivity index (χ3n) is 4.31. The number of fused-ring (bicyclic) bond motifs is 3. The van der Waals surface area contributed by atoms with Crippen molar-refractivity contribution in [1.82, 2.24) is 19.6 Å². The predicted molar refractivity (Wildman–Crippen MR) is 91.1 cm³/mol. The van der Waals surface area contributed by atoms with Gasteiger partial charge in [-0.3, -0.25) is 14.2 Å². The fraction of sp³-hybridized carbons (Fsp3) is 0.353. The van der Waals surface area contributed by atoms with E-state index in [1.165, 1.54) is 5.56 Å². The summed E-state index contributed by atoms with van der Waals surface area (Å²) in [6.07, 6.45) is 4.98. The molecule has 5 nitrogen and oxygen atoms in total. The van der Waals surface area contributed by atoms with Crippen LogP contribution in [0, 0.1) is 0 Å². The van der Waals surface area contributed by atoms with Crippen molar-refractivity contribution in [2.75, 3.05) is 5.75 Å². The van der Waals surface area contributed by atoms with Crippen molar-refractivity contribution in [3.05, 3.63) is 57.5 Å². The zero-order valence-corrected chi connectivity index (χ0v) is 13.6. The lowest BCUT2D eigenvalue weighted by molar-refractivity contribution is 0.639. The van der Waals surface area contributed by atoms with Crippen molar-refractivity contribution in [1.29, 1.82) is 0 Å². The highest BCUT2D eigenvalue weighted by Gasteiger charge is 2.20. The molecular weight excluding hydrogens is 308 g/mol. The van der Waals surface area contributed by atoms with Crippen LogP contribution >= 0.6 is 11.8 Å². The van der Waals surface area contributed by atoms with Crippen molar-refractivity contribution in [2.24, 2.45) is 0 Å². The lowest BCUT2D eigenvalue weighted by Crippen LogP contribution is -2.22. The molecule has 0 saturated carbocycles. The summed E-state index contributed by atoms with van der Waals surface area (Å²) in [7, 11) is 0. The Kier molecular flexibility index (Phi) is 3.91. The van der Waals surface area contributed by atoms with Gasteiger partial charge in [0.15, 0.2) is 5.16 Å². The summed E-state index contributed by atoms with van der Waals surface area (Å²) in [5, 5.41) is 9.31. The molecule has 4 rings (SSSR count). The molecule has 0 atom stereocenters. The first-order valence-corrected chi connectivity index (χ1v) is 8.97.